The quantitative estimate of drug-likeness (QED) is 0.658. The lowest BCUT2D eigenvalue weighted by Gasteiger charge is -2.27. The molecule has 3 aromatic rings. The zero-order valence-corrected chi connectivity index (χ0v) is 17.7. The highest BCUT2D eigenvalue weighted by molar-refractivity contribution is 6.30. The van der Waals surface area contributed by atoms with Gasteiger partial charge in [-0.1, -0.05) is 11.6 Å². The van der Waals surface area contributed by atoms with Crippen molar-refractivity contribution in [1.29, 1.82) is 0 Å². The minimum atomic E-state index is -0.118. The highest BCUT2D eigenvalue weighted by atomic mass is 35.5. The predicted molar refractivity (Wildman–Crippen MR) is 117 cm³/mol. The van der Waals surface area contributed by atoms with Gasteiger partial charge in [0.15, 0.2) is 0 Å². The lowest BCUT2D eigenvalue weighted by Crippen LogP contribution is -2.32. The Bertz CT molecular complexity index is 1090. The second kappa shape index (κ2) is 7.93. The second-order valence-electron chi connectivity index (χ2n) is 8.28. The van der Waals surface area contributed by atoms with Gasteiger partial charge in [0.25, 0.3) is 5.91 Å². The maximum absolute atomic E-state index is 13.0. The lowest BCUT2D eigenvalue weighted by molar-refractivity contribution is 0.0925. The van der Waals surface area contributed by atoms with Crippen LogP contribution in [0.15, 0.2) is 36.4 Å². The fourth-order valence-electron chi connectivity index (χ4n) is 4.40. The molecule has 0 unspecified atom stereocenters. The number of nitrogens with one attached hydrogen (secondary N) is 2. The zero-order chi connectivity index (χ0) is 20.7. The average Bonchev–Trinajstić information content (AvgIpc) is 3.18. The summed E-state index contributed by atoms with van der Waals surface area (Å²) in [5.74, 6) is 2.16. The Hall–Kier alpha value is -2.57. The molecule has 2 aromatic carbocycles. The molecule has 2 aliphatic rings. The van der Waals surface area contributed by atoms with E-state index in [0.717, 1.165) is 54.1 Å². The van der Waals surface area contributed by atoms with E-state index in [1.165, 1.54) is 0 Å². The number of hydrogen-bond acceptors (Lipinski definition) is 4. The number of benzene rings is 2. The molecule has 2 aliphatic heterocycles. The van der Waals surface area contributed by atoms with Crippen LogP contribution in [0.1, 0.15) is 53.0 Å². The van der Waals surface area contributed by atoms with E-state index >= 15 is 0 Å². The van der Waals surface area contributed by atoms with Gasteiger partial charge in [-0.15, -0.1) is 0 Å². The molecular weight excluding hydrogens is 400 g/mol. The molecule has 0 aliphatic carbocycles. The SMILES string of the molecule is CN1CCC(c2nc3ccc(C(=O)N[C@H]4CCOc5ccc(Cl)cc54)cc3[nH]2)CC1. The number of aromatic nitrogens is 2. The molecule has 0 saturated carbocycles. The molecule has 1 aromatic heterocycles. The third kappa shape index (κ3) is 3.77. The van der Waals surface area contributed by atoms with Crippen molar-refractivity contribution in [2.24, 2.45) is 0 Å². The third-order valence-electron chi connectivity index (χ3n) is 6.18. The third-order valence-corrected chi connectivity index (χ3v) is 6.42. The average molecular weight is 425 g/mol. The van der Waals surface area contributed by atoms with Crippen LogP contribution in [-0.2, 0) is 0 Å². The van der Waals surface area contributed by atoms with Crippen LogP contribution in [0.2, 0.25) is 5.02 Å². The second-order valence-corrected chi connectivity index (χ2v) is 8.71. The van der Waals surface area contributed by atoms with Crippen LogP contribution in [0.3, 0.4) is 0 Å². The number of aromatic amines is 1. The summed E-state index contributed by atoms with van der Waals surface area (Å²) in [6.45, 7) is 2.75. The standard InChI is InChI=1S/C23H25ClN4O2/c1-28-9-6-14(7-10-28)22-25-19-4-2-15(12-20(19)26-22)23(29)27-18-8-11-30-21-5-3-16(24)13-17(18)21/h2-5,12-14,18H,6-11H2,1H3,(H,25,26)(H,27,29)/t18-/m0/s1. The zero-order valence-electron chi connectivity index (χ0n) is 17.0. The Morgan fingerprint density at radius 1 is 1.20 bits per heavy atom. The molecule has 3 heterocycles. The number of carbonyl (C=O) groups is 1. The number of piperidine rings is 1. The molecule has 1 saturated heterocycles. The summed E-state index contributed by atoms with van der Waals surface area (Å²) in [5.41, 5.74) is 3.36. The summed E-state index contributed by atoms with van der Waals surface area (Å²) in [5, 5.41) is 3.78. The fraction of sp³-hybridized carbons (Fsp3) is 0.391. The smallest absolute Gasteiger partial charge is 0.251 e. The maximum Gasteiger partial charge on any atom is 0.251 e. The number of likely N-dealkylation sites (tertiary alicyclic amines) is 1. The number of hydrogen-bond donors (Lipinski definition) is 2. The van der Waals surface area contributed by atoms with Gasteiger partial charge in [0, 0.05) is 28.5 Å². The molecule has 6 nitrogen and oxygen atoms in total. The van der Waals surface area contributed by atoms with Crippen molar-refractivity contribution in [3.8, 4) is 5.75 Å². The van der Waals surface area contributed by atoms with Crippen molar-refractivity contribution in [2.75, 3.05) is 26.7 Å². The van der Waals surface area contributed by atoms with Crippen LogP contribution in [0.4, 0.5) is 0 Å². The monoisotopic (exact) mass is 424 g/mol. The molecule has 0 spiro atoms. The molecule has 7 heteroatoms. The van der Waals surface area contributed by atoms with Gasteiger partial charge in [-0.25, -0.2) is 4.98 Å². The van der Waals surface area contributed by atoms with Gasteiger partial charge in [-0.3, -0.25) is 4.79 Å². The summed E-state index contributed by atoms with van der Waals surface area (Å²) in [6, 6.07) is 11.1. The molecule has 1 amide bonds. The largest absolute Gasteiger partial charge is 0.493 e. The number of ether oxygens (including phenoxy) is 1. The molecule has 0 radical (unpaired) electrons. The van der Waals surface area contributed by atoms with E-state index < -0.39 is 0 Å². The van der Waals surface area contributed by atoms with Crippen molar-refractivity contribution in [2.45, 2.75) is 31.2 Å². The number of carbonyl (C=O) groups excluding carboxylic acids is 1. The summed E-state index contributed by atoms with van der Waals surface area (Å²) in [6.07, 6.45) is 2.93. The van der Waals surface area contributed by atoms with Gasteiger partial charge < -0.3 is 19.9 Å². The van der Waals surface area contributed by atoms with Crippen molar-refractivity contribution in [3.05, 3.63) is 58.4 Å². The number of fused-ring (bicyclic) bond motifs is 2. The van der Waals surface area contributed by atoms with E-state index in [0.29, 0.717) is 29.5 Å². The van der Waals surface area contributed by atoms with E-state index in [9.17, 15) is 4.79 Å². The van der Waals surface area contributed by atoms with Gasteiger partial charge in [0.05, 0.1) is 23.7 Å². The van der Waals surface area contributed by atoms with Gasteiger partial charge in [-0.2, -0.15) is 0 Å². The van der Waals surface area contributed by atoms with Crippen LogP contribution in [0, 0.1) is 0 Å². The number of imidazole rings is 1. The van der Waals surface area contributed by atoms with Gasteiger partial charge in [0.2, 0.25) is 0 Å². The Labute approximate surface area is 180 Å². The predicted octanol–water partition coefficient (Wildman–Crippen LogP) is 4.28. The first-order chi connectivity index (χ1) is 14.6. The van der Waals surface area contributed by atoms with Crippen molar-refractivity contribution >= 4 is 28.5 Å². The Morgan fingerprint density at radius 3 is 2.87 bits per heavy atom. The van der Waals surface area contributed by atoms with Gasteiger partial charge in [-0.05, 0) is 69.4 Å². The van der Waals surface area contributed by atoms with Gasteiger partial charge in [0.1, 0.15) is 11.6 Å². The minimum absolute atomic E-state index is 0.106. The molecule has 1 fully saturated rings. The van der Waals surface area contributed by atoms with Crippen LogP contribution in [0.25, 0.3) is 11.0 Å². The normalized spacial score (nSPS) is 20.0. The summed E-state index contributed by atoms with van der Waals surface area (Å²) < 4.78 is 5.69. The lowest BCUT2D eigenvalue weighted by atomic mass is 9.97. The molecule has 1 atom stereocenters. The van der Waals surface area contributed by atoms with E-state index in [-0.39, 0.29) is 11.9 Å². The van der Waals surface area contributed by atoms with Crippen LogP contribution in [-0.4, -0.2) is 47.5 Å². The Kier molecular flexibility index (Phi) is 5.13. The molecule has 156 valence electrons. The minimum Gasteiger partial charge on any atom is -0.493 e. The highest BCUT2D eigenvalue weighted by Crippen LogP contribution is 2.34. The van der Waals surface area contributed by atoms with Crippen molar-refractivity contribution in [1.82, 2.24) is 20.2 Å². The van der Waals surface area contributed by atoms with Crippen LogP contribution < -0.4 is 10.1 Å². The number of rotatable bonds is 3. The molecule has 5 rings (SSSR count). The van der Waals surface area contributed by atoms with E-state index in [1.807, 2.05) is 30.3 Å². The van der Waals surface area contributed by atoms with Crippen molar-refractivity contribution in [3.63, 3.8) is 0 Å². The first-order valence-electron chi connectivity index (χ1n) is 10.5. The topological polar surface area (TPSA) is 70.2 Å². The van der Waals surface area contributed by atoms with E-state index in [2.05, 4.69) is 22.2 Å². The number of nitrogens with zero attached hydrogens (tertiary/aromatic N) is 2. The number of H-pyrrole nitrogens is 1. The Morgan fingerprint density at radius 2 is 2.03 bits per heavy atom. The first kappa shape index (κ1) is 19.4. The summed E-state index contributed by atoms with van der Waals surface area (Å²) in [4.78, 5) is 23.6. The summed E-state index contributed by atoms with van der Waals surface area (Å²) in [7, 11) is 2.16. The van der Waals surface area contributed by atoms with Crippen molar-refractivity contribution < 1.29 is 9.53 Å². The van der Waals surface area contributed by atoms with E-state index in [4.69, 9.17) is 21.3 Å². The molecular formula is C23H25ClN4O2. The number of halogens is 1. The maximum atomic E-state index is 13.0. The number of amides is 1. The fourth-order valence-corrected chi connectivity index (χ4v) is 4.58. The molecule has 2 N–H and O–H groups in total. The molecule has 30 heavy (non-hydrogen) atoms. The van der Waals surface area contributed by atoms with Gasteiger partial charge >= 0.3 is 0 Å². The van der Waals surface area contributed by atoms with Crippen LogP contribution in [0.5, 0.6) is 5.75 Å². The van der Waals surface area contributed by atoms with E-state index in [1.54, 1.807) is 6.07 Å². The first-order valence-corrected chi connectivity index (χ1v) is 10.9. The highest BCUT2D eigenvalue weighted by Gasteiger charge is 2.25. The molecule has 0 bridgehead atoms. The summed E-state index contributed by atoms with van der Waals surface area (Å²) >= 11 is 6.15. The Balaban J connectivity index is 1.35. The van der Waals surface area contributed by atoms with Crippen LogP contribution >= 0.6 is 11.6 Å².